The number of hydrogen-bond donors (Lipinski definition) is 1. The molecule has 0 unspecified atom stereocenters. The molecule has 0 aliphatic carbocycles. The highest BCUT2D eigenvalue weighted by molar-refractivity contribution is 7.13. The molecule has 1 aromatic heterocycles. The second-order valence-corrected chi connectivity index (χ2v) is 6.76. The maximum atomic E-state index is 10.8. The highest BCUT2D eigenvalue weighted by atomic mass is 32.1. The number of carbonyl (C=O) groups is 1. The highest BCUT2D eigenvalue weighted by Crippen LogP contribution is 2.24. The third-order valence-corrected chi connectivity index (χ3v) is 5.27. The van der Waals surface area contributed by atoms with Crippen LogP contribution in [0.2, 0.25) is 0 Å². The Bertz CT molecular complexity index is 661. The van der Waals surface area contributed by atoms with E-state index in [4.69, 9.17) is 0 Å². The van der Waals surface area contributed by atoms with Crippen LogP contribution in [0.1, 0.15) is 23.0 Å². The van der Waals surface area contributed by atoms with Crippen LogP contribution in [0.4, 0.5) is 0 Å². The number of nitrogens with one attached hydrogen (secondary N) is 1. The van der Waals surface area contributed by atoms with Crippen LogP contribution in [0, 0.1) is 0 Å². The van der Waals surface area contributed by atoms with Gasteiger partial charge in [0.25, 0.3) is 0 Å². The molecular weight excluding hydrogens is 310 g/mol. The van der Waals surface area contributed by atoms with Gasteiger partial charge in [-0.1, -0.05) is 24.3 Å². The van der Waals surface area contributed by atoms with Gasteiger partial charge in [0.2, 0.25) is 0 Å². The number of carbonyl (C=O) groups excluding carboxylic acids is 1. The molecule has 2 aromatic rings. The van der Waals surface area contributed by atoms with E-state index in [0.717, 1.165) is 30.2 Å². The van der Waals surface area contributed by atoms with E-state index >= 15 is 0 Å². The summed E-state index contributed by atoms with van der Waals surface area (Å²) in [6, 6.07) is 8.24. The first-order valence-electron chi connectivity index (χ1n) is 7.98. The summed E-state index contributed by atoms with van der Waals surface area (Å²) in [5, 5.41) is 13.0. The van der Waals surface area contributed by atoms with Crippen LogP contribution in [0.5, 0.6) is 0 Å². The third-order valence-electron chi connectivity index (χ3n) is 4.38. The Morgan fingerprint density at radius 3 is 2.57 bits per heavy atom. The van der Waals surface area contributed by atoms with E-state index in [1.165, 1.54) is 41.9 Å². The van der Waals surface area contributed by atoms with E-state index in [-0.39, 0.29) is 5.69 Å². The molecule has 5 nitrogen and oxygen atoms in total. The lowest BCUT2D eigenvalue weighted by molar-refractivity contribution is -0.902. The number of nitrogens with zero attached hydrogens (tertiary/aromatic N) is 2. The molecule has 0 spiro atoms. The largest absolute Gasteiger partial charge is 0.543 e. The lowest BCUT2D eigenvalue weighted by atomic mass is 10.1. The van der Waals surface area contributed by atoms with Gasteiger partial charge in [0.05, 0.1) is 31.3 Å². The fraction of sp³-hybridized carbons (Fsp3) is 0.412. The van der Waals surface area contributed by atoms with Gasteiger partial charge in [-0.3, -0.25) is 4.90 Å². The molecule has 0 atom stereocenters. The Morgan fingerprint density at radius 1 is 1.30 bits per heavy atom. The first-order valence-corrected chi connectivity index (χ1v) is 8.85. The summed E-state index contributed by atoms with van der Waals surface area (Å²) in [7, 11) is 0. The van der Waals surface area contributed by atoms with Gasteiger partial charge in [-0.05, 0) is 12.5 Å². The topological polar surface area (TPSA) is 60.7 Å². The maximum absolute atomic E-state index is 10.8. The van der Waals surface area contributed by atoms with Crippen molar-refractivity contribution in [2.45, 2.75) is 13.5 Å². The van der Waals surface area contributed by atoms with Crippen LogP contribution in [0.25, 0.3) is 10.6 Å². The standard InChI is InChI=1S/C17H21N3O2S/c1-2-19-7-9-20(10-8-19)11-13-3-5-14(6-4-13)16-18-15(12-23-16)17(21)22/h3-6,12H,2,7-11H2,1H3,(H,21,22). The van der Waals surface area contributed by atoms with Crippen LogP contribution in [-0.2, 0) is 6.54 Å². The second-order valence-electron chi connectivity index (χ2n) is 5.90. The third kappa shape index (κ3) is 3.96. The van der Waals surface area contributed by atoms with Crippen molar-refractivity contribution in [2.24, 2.45) is 0 Å². The summed E-state index contributed by atoms with van der Waals surface area (Å²) in [6.07, 6.45) is 0. The fourth-order valence-electron chi connectivity index (χ4n) is 2.89. The van der Waals surface area contributed by atoms with Crippen LogP contribution < -0.4 is 10.0 Å². The first-order chi connectivity index (χ1) is 11.2. The molecule has 6 heteroatoms. The van der Waals surface area contributed by atoms with Gasteiger partial charge in [0.1, 0.15) is 5.01 Å². The van der Waals surface area contributed by atoms with Gasteiger partial charge in [-0.15, -0.1) is 11.3 Å². The minimum Gasteiger partial charge on any atom is -0.543 e. The predicted octanol–water partition coefficient (Wildman–Crippen LogP) is -0.106. The molecule has 1 aromatic carbocycles. The molecule has 1 aliphatic heterocycles. The second kappa shape index (κ2) is 7.21. The van der Waals surface area contributed by atoms with Crippen molar-refractivity contribution < 1.29 is 14.8 Å². The number of thiazole rings is 1. The van der Waals surface area contributed by atoms with E-state index in [2.05, 4.69) is 28.9 Å². The summed E-state index contributed by atoms with van der Waals surface area (Å²) >= 11 is 1.33. The summed E-state index contributed by atoms with van der Waals surface area (Å²) in [4.78, 5) is 19.1. The number of carboxylic acid groups (broad SMARTS) is 1. The summed E-state index contributed by atoms with van der Waals surface area (Å²) in [5.74, 6) is -1.22. The molecule has 3 rings (SSSR count). The van der Waals surface area contributed by atoms with Gasteiger partial charge in [-0.25, -0.2) is 4.98 Å². The number of hydrogen-bond acceptors (Lipinski definition) is 5. The highest BCUT2D eigenvalue weighted by Gasteiger charge is 2.18. The lowest BCUT2D eigenvalue weighted by Gasteiger charge is -2.31. The Hall–Kier alpha value is -1.76. The molecule has 1 aliphatic rings. The molecule has 1 fully saturated rings. The zero-order valence-electron chi connectivity index (χ0n) is 13.2. The number of carboxylic acids is 1. The monoisotopic (exact) mass is 331 g/mol. The van der Waals surface area contributed by atoms with E-state index in [1.54, 1.807) is 4.90 Å². The van der Waals surface area contributed by atoms with Crippen LogP contribution >= 0.6 is 11.3 Å². The van der Waals surface area contributed by atoms with E-state index in [9.17, 15) is 9.90 Å². The Kier molecular flexibility index (Phi) is 5.05. The number of likely N-dealkylation sites (N-methyl/N-ethyl adjacent to an activating group) is 1. The predicted molar refractivity (Wildman–Crippen MR) is 88.4 cm³/mol. The van der Waals surface area contributed by atoms with Gasteiger partial charge < -0.3 is 14.8 Å². The number of rotatable bonds is 5. The number of quaternary nitrogens is 1. The number of aromatic nitrogens is 1. The molecule has 1 N–H and O–H groups in total. The van der Waals surface area contributed by atoms with Crippen LogP contribution in [0.15, 0.2) is 29.6 Å². The van der Waals surface area contributed by atoms with Crippen molar-refractivity contribution in [2.75, 3.05) is 32.7 Å². The Morgan fingerprint density at radius 2 is 2.00 bits per heavy atom. The average Bonchev–Trinajstić information content (AvgIpc) is 3.07. The summed E-state index contributed by atoms with van der Waals surface area (Å²) in [5.41, 5.74) is 2.24. The van der Waals surface area contributed by atoms with E-state index in [0.29, 0.717) is 0 Å². The minimum absolute atomic E-state index is 0.00497. The Labute approximate surface area is 140 Å². The molecule has 122 valence electrons. The lowest BCUT2D eigenvalue weighted by Crippen LogP contribution is -3.14. The van der Waals surface area contributed by atoms with Crippen LogP contribution in [-0.4, -0.2) is 48.6 Å². The smallest absolute Gasteiger partial charge is 0.124 e. The van der Waals surface area contributed by atoms with Crippen molar-refractivity contribution in [1.29, 1.82) is 0 Å². The fourth-order valence-corrected chi connectivity index (χ4v) is 3.69. The molecular formula is C17H21N3O2S. The molecule has 1 saturated heterocycles. The van der Waals surface area contributed by atoms with Crippen LogP contribution in [0.3, 0.4) is 0 Å². The first kappa shape index (κ1) is 16.1. The van der Waals surface area contributed by atoms with Crippen molar-refractivity contribution >= 4 is 17.3 Å². The van der Waals surface area contributed by atoms with Crippen molar-refractivity contribution in [3.63, 3.8) is 0 Å². The van der Waals surface area contributed by atoms with Crippen molar-refractivity contribution in [3.05, 3.63) is 40.9 Å². The molecule has 23 heavy (non-hydrogen) atoms. The maximum Gasteiger partial charge on any atom is 0.124 e. The van der Waals surface area contributed by atoms with Gasteiger partial charge in [0, 0.05) is 30.6 Å². The number of aromatic carboxylic acids is 1. The minimum atomic E-state index is -1.22. The van der Waals surface area contributed by atoms with Gasteiger partial charge >= 0.3 is 0 Å². The Balaban J connectivity index is 1.62. The zero-order chi connectivity index (χ0) is 16.2. The molecule has 0 saturated carbocycles. The zero-order valence-corrected chi connectivity index (χ0v) is 14.1. The molecule has 0 bridgehead atoms. The van der Waals surface area contributed by atoms with E-state index < -0.39 is 5.97 Å². The van der Waals surface area contributed by atoms with Gasteiger partial charge in [0.15, 0.2) is 0 Å². The molecule has 0 amide bonds. The summed E-state index contributed by atoms with van der Waals surface area (Å²) < 4.78 is 0. The average molecular weight is 331 g/mol. The quantitative estimate of drug-likeness (QED) is 0.831. The molecule has 0 radical (unpaired) electrons. The number of benzene rings is 1. The van der Waals surface area contributed by atoms with Crippen molar-refractivity contribution in [3.8, 4) is 10.6 Å². The van der Waals surface area contributed by atoms with Crippen molar-refractivity contribution in [1.82, 2.24) is 9.88 Å². The van der Waals surface area contributed by atoms with E-state index in [1.807, 2.05) is 12.1 Å². The number of piperazine rings is 1. The SMILES string of the molecule is CC[NH+]1CCN(Cc2ccc(-c3nc(C(=O)[O-])cs3)cc2)CC1. The summed E-state index contributed by atoms with van der Waals surface area (Å²) in [6.45, 7) is 9.16. The molecule has 2 heterocycles. The van der Waals surface area contributed by atoms with Gasteiger partial charge in [-0.2, -0.15) is 0 Å². The normalized spacial score (nSPS) is 16.6.